The van der Waals surface area contributed by atoms with Crippen molar-refractivity contribution in [3.05, 3.63) is 53.3 Å². The predicted octanol–water partition coefficient (Wildman–Crippen LogP) is 1.73. The molecule has 0 saturated heterocycles. The number of benzene rings is 2. The molecule has 2 heterocycles. The summed E-state index contributed by atoms with van der Waals surface area (Å²) in [5.41, 5.74) is 8.16. The van der Waals surface area contributed by atoms with Crippen molar-refractivity contribution in [3.8, 4) is 17.6 Å². The van der Waals surface area contributed by atoms with E-state index in [9.17, 15) is 10.2 Å². The van der Waals surface area contributed by atoms with E-state index in [0.29, 0.717) is 34.4 Å². The van der Waals surface area contributed by atoms with Crippen LogP contribution in [0.25, 0.3) is 16.6 Å². The third-order valence-corrected chi connectivity index (χ3v) is 3.89. The van der Waals surface area contributed by atoms with Gasteiger partial charge in [0.1, 0.15) is 5.82 Å². The second-order valence-corrected chi connectivity index (χ2v) is 5.58. The molecule has 25 heavy (non-hydrogen) atoms. The van der Waals surface area contributed by atoms with Crippen LogP contribution in [0.3, 0.4) is 0 Å². The van der Waals surface area contributed by atoms with E-state index in [4.69, 9.17) is 11.0 Å². The van der Waals surface area contributed by atoms with Crippen molar-refractivity contribution in [1.82, 2.24) is 19.6 Å². The quantitative estimate of drug-likeness (QED) is 0.476. The average Bonchev–Trinajstić information content (AvgIpc) is 3.00. The highest BCUT2D eigenvalue weighted by molar-refractivity contribution is 5.92. The molecule has 0 aliphatic rings. The number of nitrogen functional groups attached to an aromatic ring is 1. The molecule has 0 radical (unpaired) electrons. The molecule has 0 amide bonds. The Morgan fingerprint density at radius 1 is 1.08 bits per heavy atom. The minimum Gasteiger partial charge on any atom is -0.504 e. The van der Waals surface area contributed by atoms with Crippen molar-refractivity contribution < 1.29 is 10.2 Å². The Hall–Kier alpha value is -3.86. The molecule has 2 aromatic carbocycles. The molecule has 4 rings (SSSR count). The van der Waals surface area contributed by atoms with Gasteiger partial charge in [-0.3, -0.25) is 0 Å². The van der Waals surface area contributed by atoms with E-state index < -0.39 is 0 Å². The minimum absolute atomic E-state index is 0.103. The zero-order valence-electron chi connectivity index (χ0n) is 12.9. The third kappa shape index (κ3) is 2.44. The van der Waals surface area contributed by atoms with Crippen molar-refractivity contribution >= 4 is 22.5 Å². The lowest BCUT2D eigenvalue weighted by atomic mass is 10.1. The van der Waals surface area contributed by atoms with Crippen LogP contribution in [0.4, 0.5) is 5.95 Å². The molecule has 2 aromatic heterocycles. The Balaban J connectivity index is 1.93. The van der Waals surface area contributed by atoms with Gasteiger partial charge in [0.05, 0.1) is 17.1 Å². The lowest BCUT2D eigenvalue weighted by molar-refractivity contribution is 0.403. The summed E-state index contributed by atoms with van der Waals surface area (Å²) < 4.78 is 1.53. The normalized spacial score (nSPS) is 11.0. The highest BCUT2D eigenvalue weighted by atomic mass is 16.3. The Bertz CT molecular complexity index is 1180. The number of hydrogen-bond acceptors (Lipinski definition) is 7. The fraction of sp³-hybridized carbons (Fsp3) is 0.0588. The van der Waals surface area contributed by atoms with Gasteiger partial charge in [0, 0.05) is 11.8 Å². The molecule has 0 aliphatic heterocycles. The maximum atomic E-state index is 9.67. The van der Waals surface area contributed by atoms with E-state index in [1.54, 1.807) is 24.3 Å². The second-order valence-electron chi connectivity index (χ2n) is 5.58. The van der Waals surface area contributed by atoms with Crippen molar-refractivity contribution in [1.29, 1.82) is 5.26 Å². The first kappa shape index (κ1) is 14.7. The van der Waals surface area contributed by atoms with Gasteiger partial charge in [-0.25, -0.2) is 4.98 Å². The van der Waals surface area contributed by atoms with Crippen LogP contribution in [-0.4, -0.2) is 29.8 Å². The summed E-state index contributed by atoms with van der Waals surface area (Å²) in [5.74, 6) is 0.286. The average molecular weight is 332 g/mol. The van der Waals surface area contributed by atoms with Crippen molar-refractivity contribution in [3.63, 3.8) is 0 Å². The second kappa shape index (κ2) is 5.35. The standard InChI is InChI=1S/C17H12N6O2/c18-8-10-1-3-12-11(5-10)16-21-17(19)22-23(16)15(20-12)7-9-2-4-13(24)14(25)6-9/h1-6,24-25H,7H2,(H2,19,22). The van der Waals surface area contributed by atoms with E-state index in [1.807, 2.05) is 0 Å². The highest BCUT2D eigenvalue weighted by Gasteiger charge is 2.14. The third-order valence-electron chi connectivity index (χ3n) is 3.89. The lowest BCUT2D eigenvalue weighted by Gasteiger charge is -2.08. The molecule has 8 heteroatoms. The predicted molar refractivity (Wildman–Crippen MR) is 90.0 cm³/mol. The zero-order valence-corrected chi connectivity index (χ0v) is 12.9. The van der Waals surface area contributed by atoms with E-state index in [1.165, 1.54) is 16.6 Å². The monoisotopic (exact) mass is 332 g/mol. The first-order valence-electron chi connectivity index (χ1n) is 7.41. The number of phenolic OH excluding ortho intramolecular Hbond substituents is 2. The van der Waals surface area contributed by atoms with Crippen LogP contribution in [0, 0.1) is 11.3 Å². The topological polar surface area (TPSA) is 133 Å². The summed E-state index contributed by atoms with van der Waals surface area (Å²) in [7, 11) is 0. The van der Waals surface area contributed by atoms with Crippen LogP contribution in [0.2, 0.25) is 0 Å². The smallest absolute Gasteiger partial charge is 0.240 e. The number of phenols is 2. The zero-order chi connectivity index (χ0) is 17.6. The first-order chi connectivity index (χ1) is 12.0. The molecule has 0 bridgehead atoms. The number of nitriles is 1. The Morgan fingerprint density at radius 3 is 2.68 bits per heavy atom. The van der Waals surface area contributed by atoms with Crippen molar-refractivity contribution in [2.75, 3.05) is 5.73 Å². The van der Waals surface area contributed by atoms with Crippen LogP contribution in [0.15, 0.2) is 36.4 Å². The first-order valence-corrected chi connectivity index (χ1v) is 7.41. The number of nitrogens with two attached hydrogens (primary N) is 1. The van der Waals surface area contributed by atoms with Crippen molar-refractivity contribution in [2.45, 2.75) is 6.42 Å². The molecule has 122 valence electrons. The van der Waals surface area contributed by atoms with Gasteiger partial charge in [0.2, 0.25) is 5.95 Å². The fourth-order valence-electron chi connectivity index (χ4n) is 2.73. The van der Waals surface area contributed by atoms with E-state index >= 15 is 0 Å². The molecule has 0 unspecified atom stereocenters. The molecular formula is C17H12N6O2. The molecule has 0 saturated carbocycles. The molecule has 4 aromatic rings. The van der Waals surface area contributed by atoms with Crippen LogP contribution in [-0.2, 0) is 6.42 Å². The molecule has 8 nitrogen and oxygen atoms in total. The maximum Gasteiger partial charge on any atom is 0.240 e. The summed E-state index contributed by atoms with van der Waals surface area (Å²) in [6, 6.07) is 11.8. The SMILES string of the molecule is N#Cc1ccc2nc(Cc3ccc(O)c(O)c3)n3nc(N)nc3c2c1. The molecule has 0 fully saturated rings. The largest absolute Gasteiger partial charge is 0.504 e. The summed E-state index contributed by atoms with van der Waals surface area (Å²) in [6.45, 7) is 0. The van der Waals surface area contributed by atoms with E-state index in [-0.39, 0.29) is 17.4 Å². The van der Waals surface area contributed by atoms with Gasteiger partial charge in [-0.1, -0.05) is 6.07 Å². The Kier molecular flexibility index (Phi) is 3.15. The Morgan fingerprint density at radius 2 is 1.92 bits per heavy atom. The Labute approximate surface area is 141 Å². The number of nitrogens with zero attached hydrogens (tertiary/aromatic N) is 5. The van der Waals surface area contributed by atoms with Gasteiger partial charge >= 0.3 is 0 Å². The number of aromatic hydroxyl groups is 2. The maximum absolute atomic E-state index is 9.67. The summed E-state index contributed by atoms with van der Waals surface area (Å²) in [5, 5.41) is 33.1. The summed E-state index contributed by atoms with van der Waals surface area (Å²) >= 11 is 0. The number of aromatic nitrogens is 4. The van der Waals surface area contributed by atoms with Gasteiger partial charge < -0.3 is 15.9 Å². The lowest BCUT2D eigenvalue weighted by Crippen LogP contribution is -2.05. The van der Waals surface area contributed by atoms with Crippen LogP contribution in [0.5, 0.6) is 11.5 Å². The summed E-state index contributed by atoms with van der Waals surface area (Å²) in [6.07, 6.45) is 0.350. The van der Waals surface area contributed by atoms with Gasteiger partial charge in [0.25, 0.3) is 0 Å². The molecule has 0 atom stereocenters. The number of rotatable bonds is 2. The van der Waals surface area contributed by atoms with E-state index in [2.05, 4.69) is 21.1 Å². The summed E-state index contributed by atoms with van der Waals surface area (Å²) in [4.78, 5) is 8.83. The molecule has 0 spiro atoms. The van der Waals surface area contributed by atoms with Crippen LogP contribution < -0.4 is 5.73 Å². The number of fused-ring (bicyclic) bond motifs is 3. The molecule has 0 aliphatic carbocycles. The van der Waals surface area contributed by atoms with Crippen LogP contribution in [0.1, 0.15) is 17.0 Å². The minimum atomic E-state index is -0.203. The highest BCUT2D eigenvalue weighted by Crippen LogP contribution is 2.27. The molecular weight excluding hydrogens is 320 g/mol. The van der Waals surface area contributed by atoms with Crippen LogP contribution >= 0.6 is 0 Å². The van der Waals surface area contributed by atoms with E-state index in [0.717, 1.165) is 5.56 Å². The van der Waals surface area contributed by atoms with Gasteiger partial charge in [-0.15, -0.1) is 5.10 Å². The van der Waals surface area contributed by atoms with Gasteiger partial charge in [-0.2, -0.15) is 14.8 Å². The fourth-order valence-corrected chi connectivity index (χ4v) is 2.73. The van der Waals surface area contributed by atoms with Crippen molar-refractivity contribution in [2.24, 2.45) is 0 Å². The number of anilines is 1. The molecule has 4 N–H and O–H groups in total. The van der Waals surface area contributed by atoms with Gasteiger partial charge in [0.15, 0.2) is 17.1 Å². The van der Waals surface area contributed by atoms with Gasteiger partial charge in [-0.05, 0) is 35.9 Å². The number of hydrogen-bond donors (Lipinski definition) is 3.